The molecular formula is C22H24BrNO2S. The molecule has 1 N–H and O–H groups in total. The number of aryl methyl sites for hydroxylation is 1. The Hall–Kier alpha value is -1.82. The summed E-state index contributed by atoms with van der Waals surface area (Å²) in [6.45, 7) is 6.82. The van der Waals surface area contributed by atoms with Crippen molar-refractivity contribution in [2.45, 2.75) is 33.5 Å². The predicted octanol–water partition coefficient (Wildman–Crippen LogP) is 6.09. The lowest BCUT2D eigenvalue weighted by atomic mass is 10.1. The van der Waals surface area contributed by atoms with Gasteiger partial charge in [-0.1, -0.05) is 35.9 Å². The Labute approximate surface area is 173 Å². The van der Waals surface area contributed by atoms with Crippen LogP contribution in [0.2, 0.25) is 0 Å². The lowest BCUT2D eigenvalue weighted by Gasteiger charge is -2.16. The molecule has 0 spiro atoms. The summed E-state index contributed by atoms with van der Waals surface area (Å²) in [6, 6.07) is 16.7. The van der Waals surface area contributed by atoms with Gasteiger partial charge in [-0.15, -0.1) is 11.3 Å². The number of thiophene rings is 1. The largest absolute Gasteiger partial charge is 0.490 e. The van der Waals surface area contributed by atoms with Crippen molar-refractivity contribution in [1.82, 2.24) is 5.32 Å². The smallest absolute Gasteiger partial charge is 0.175 e. The van der Waals surface area contributed by atoms with E-state index < -0.39 is 0 Å². The van der Waals surface area contributed by atoms with Crippen LogP contribution >= 0.6 is 27.3 Å². The monoisotopic (exact) mass is 445 g/mol. The van der Waals surface area contributed by atoms with E-state index in [-0.39, 0.29) is 0 Å². The third-order valence-corrected chi connectivity index (χ3v) is 5.51. The molecule has 3 rings (SSSR count). The number of nitrogens with one attached hydrogen (secondary N) is 1. The number of hydrogen-bond acceptors (Lipinski definition) is 4. The fourth-order valence-electron chi connectivity index (χ4n) is 2.83. The third-order valence-electron chi connectivity index (χ3n) is 4.04. The highest BCUT2D eigenvalue weighted by atomic mass is 79.9. The van der Waals surface area contributed by atoms with Gasteiger partial charge in [0.25, 0.3) is 0 Å². The molecule has 0 unspecified atom stereocenters. The minimum atomic E-state index is 0.510. The SMILES string of the molecule is CCOc1cc(CNCc2cccs2)cc(Br)c1OCc1cccc(C)c1. The molecule has 0 aliphatic heterocycles. The normalized spacial score (nSPS) is 10.8. The average Bonchev–Trinajstić information content (AvgIpc) is 3.15. The zero-order valence-corrected chi connectivity index (χ0v) is 18.0. The minimum Gasteiger partial charge on any atom is -0.490 e. The van der Waals surface area contributed by atoms with Gasteiger partial charge in [0.15, 0.2) is 11.5 Å². The van der Waals surface area contributed by atoms with Crippen LogP contribution in [0.5, 0.6) is 11.5 Å². The Morgan fingerprint density at radius 2 is 1.89 bits per heavy atom. The summed E-state index contributed by atoms with van der Waals surface area (Å²) in [4.78, 5) is 1.33. The van der Waals surface area contributed by atoms with E-state index in [1.54, 1.807) is 11.3 Å². The van der Waals surface area contributed by atoms with Crippen molar-refractivity contribution < 1.29 is 9.47 Å². The number of hydrogen-bond donors (Lipinski definition) is 1. The summed E-state index contributed by atoms with van der Waals surface area (Å²) in [5.41, 5.74) is 3.53. The zero-order valence-electron chi connectivity index (χ0n) is 15.6. The zero-order chi connectivity index (χ0) is 19.1. The maximum absolute atomic E-state index is 6.09. The van der Waals surface area contributed by atoms with E-state index in [4.69, 9.17) is 9.47 Å². The Morgan fingerprint density at radius 3 is 2.63 bits per heavy atom. The molecule has 0 amide bonds. The molecule has 0 saturated carbocycles. The van der Waals surface area contributed by atoms with Gasteiger partial charge in [-0.3, -0.25) is 0 Å². The Kier molecular flexibility index (Phi) is 7.33. The van der Waals surface area contributed by atoms with E-state index in [9.17, 15) is 0 Å². The second kappa shape index (κ2) is 9.93. The molecule has 1 heterocycles. The van der Waals surface area contributed by atoms with Crippen LogP contribution in [-0.4, -0.2) is 6.61 Å². The van der Waals surface area contributed by atoms with Gasteiger partial charge in [-0.2, -0.15) is 0 Å². The molecule has 0 atom stereocenters. The van der Waals surface area contributed by atoms with Crippen molar-refractivity contribution in [2.75, 3.05) is 6.61 Å². The Balaban J connectivity index is 1.69. The molecule has 1 aromatic heterocycles. The van der Waals surface area contributed by atoms with E-state index >= 15 is 0 Å². The molecule has 142 valence electrons. The fourth-order valence-corrected chi connectivity index (χ4v) is 4.11. The van der Waals surface area contributed by atoms with Gasteiger partial charge in [-0.25, -0.2) is 0 Å². The molecule has 3 aromatic rings. The summed E-state index contributed by atoms with van der Waals surface area (Å²) in [5.74, 6) is 1.52. The number of rotatable bonds is 9. The van der Waals surface area contributed by atoms with Crippen molar-refractivity contribution in [3.8, 4) is 11.5 Å². The first-order chi connectivity index (χ1) is 13.2. The van der Waals surface area contributed by atoms with Gasteiger partial charge in [0.1, 0.15) is 6.61 Å². The van der Waals surface area contributed by atoms with Gasteiger partial charge in [0.2, 0.25) is 0 Å². The summed E-state index contributed by atoms with van der Waals surface area (Å²) >= 11 is 5.42. The maximum Gasteiger partial charge on any atom is 0.175 e. The first kappa shape index (κ1) is 19.9. The highest BCUT2D eigenvalue weighted by Crippen LogP contribution is 2.37. The van der Waals surface area contributed by atoms with Crippen LogP contribution in [-0.2, 0) is 19.7 Å². The molecule has 0 saturated heterocycles. The molecule has 2 aromatic carbocycles. The quantitative estimate of drug-likeness (QED) is 0.432. The molecule has 0 bridgehead atoms. The fraction of sp³-hybridized carbons (Fsp3) is 0.273. The molecular weight excluding hydrogens is 422 g/mol. The van der Waals surface area contributed by atoms with Crippen LogP contribution in [0, 0.1) is 6.92 Å². The van der Waals surface area contributed by atoms with Gasteiger partial charge >= 0.3 is 0 Å². The lowest BCUT2D eigenvalue weighted by molar-refractivity contribution is 0.267. The van der Waals surface area contributed by atoms with Crippen LogP contribution in [0.3, 0.4) is 0 Å². The van der Waals surface area contributed by atoms with Crippen molar-refractivity contribution in [2.24, 2.45) is 0 Å². The van der Waals surface area contributed by atoms with Crippen molar-refractivity contribution in [1.29, 1.82) is 0 Å². The van der Waals surface area contributed by atoms with E-state index in [2.05, 4.69) is 82.1 Å². The highest BCUT2D eigenvalue weighted by molar-refractivity contribution is 9.10. The summed E-state index contributed by atoms with van der Waals surface area (Å²) in [5, 5.41) is 5.58. The molecule has 5 heteroatoms. The third kappa shape index (κ3) is 5.83. The van der Waals surface area contributed by atoms with Crippen LogP contribution in [0.15, 0.2) is 58.4 Å². The van der Waals surface area contributed by atoms with E-state index in [1.165, 1.54) is 10.4 Å². The topological polar surface area (TPSA) is 30.5 Å². The van der Waals surface area contributed by atoms with E-state index in [1.807, 2.05) is 6.92 Å². The maximum atomic E-state index is 6.09. The molecule has 27 heavy (non-hydrogen) atoms. The summed E-state index contributed by atoms with van der Waals surface area (Å²) < 4.78 is 12.8. The highest BCUT2D eigenvalue weighted by Gasteiger charge is 2.13. The van der Waals surface area contributed by atoms with Gasteiger partial charge < -0.3 is 14.8 Å². The summed E-state index contributed by atoms with van der Waals surface area (Å²) in [7, 11) is 0. The predicted molar refractivity (Wildman–Crippen MR) is 116 cm³/mol. The van der Waals surface area contributed by atoms with Crippen LogP contribution in [0.25, 0.3) is 0 Å². The van der Waals surface area contributed by atoms with Crippen LogP contribution < -0.4 is 14.8 Å². The molecule has 0 radical (unpaired) electrons. The summed E-state index contributed by atoms with van der Waals surface area (Å²) in [6.07, 6.45) is 0. The van der Waals surface area contributed by atoms with Gasteiger partial charge in [0, 0.05) is 18.0 Å². The van der Waals surface area contributed by atoms with Gasteiger partial charge in [-0.05, 0) is 64.5 Å². The molecule has 3 nitrogen and oxygen atoms in total. The first-order valence-corrected chi connectivity index (χ1v) is 10.7. The first-order valence-electron chi connectivity index (χ1n) is 9.02. The molecule has 0 aliphatic carbocycles. The van der Waals surface area contributed by atoms with E-state index in [0.717, 1.165) is 40.2 Å². The van der Waals surface area contributed by atoms with Crippen molar-refractivity contribution >= 4 is 27.3 Å². The van der Waals surface area contributed by atoms with E-state index in [0.29, 0.717) is 13.2 Å². The minimum absolute atomic E-state index is 0.510. The second-order valence-corrected chi connectivity index (χ2v) is 8.19. The standard InChI is InChI=1S/C22H24BrNO2S/c1-3-25-21-12-18(13-24-14-19-8-5-9-27-19)11-20(23)22(21)26-15-17-7-4-6-16(2)10-17/h4-12,24H,3,13-15H2,1-2H3. The van der Waals surface area contributed by atoms with Crippen LogP contribution in [0.4, 0.5) is 0 Å². The number of ether oxygens (including phenoxy) is 2. The molecule has 0 aliphatic rings. The van der Waals surface area contributed by atoms with Crippen molar-refractivity contribution in [3.63, 3.8) is 0 Å². The van der Waals surface area contributed by atoms with Crippen molar-refractivity contribution in [3.05, 3.63) is 80.0 Å². The van der Waals surface area contributed by atoms with Gasteiger partial charge in [0.05, 0.1) is 11.1 Å². The number of benzene rings is 2. The number of halogens is 1. The molecule has 0 fully saturated rings. The average molecular weight is 446 g/mol. The lowest BCUT2D eigenvalue weighted by Crippen LogP contribution is -2.12. The Bertz CT molecular complexity index is 865. The Morgan fingerprint density at radius 1 is 1.00 bits per heavy atom. The van der Waals surface area contributed by atoms with Crippen LogP contribution in [0.1, 0.15) is 28.5 Å². The second-order valence-electron chi connectivity index (χ2n) is 6.30.